The molecule has 5 aromatic rings. The number of nitrogen functional groups attached to an aromatic ring is 1. The number of benzene rings is 2. The molecule has 4 N–H and O–H groups in total. The number of ether oxygens (including phenoxy) is 4. The van der Waals surface area contributed by atoms with E-state index >= 15 is 8.78 Å². The average molecular weight is 1150 g/mol. The Morgan fingerprint density at radius 2 is 1.42 bits per heavy atom. The van der Waals surface area contributed by atoms with Crippen LogP contribution in [-0.2, 0) is 46.9 Å². The minimum atomic E-state index is -5.25. The quantitative estimate of drug-likeness (QED) is 0.0215. The van der Waals surface area contributed by atoms with E-state index in [4.69, 9.17) is 47.2 Å². The Morgan fingerprint density at radius 1 is 0.818 bits per heavy atom. The molecule has 8 rings (SSSR count). The van der Waals surface area contributed by atoms with E-state index in [0.29, 0.717) is 39.4 Å². The van der Waals surface area contributed by atoms with E-state index < -0.39 is 103 Å². The van der Waals surface area contributed by atoms with Gasteiger partial charge in [-0.25, -0.2) is 42.5 Å². The van der Waals surface area contributed by atoms with Gasteiger partial charge in [0.05, 0.1) is 31.7 Å². The van der Waals surface area contributed by atoms with Gasteiger partial charge in [-0.1, -0.05) is 71.4 Å². The van der Waals surface area contributed by atoms with Crippen molar-refractivity contribution in [2.45, 2.75) is 145 Å². The number of nitrogens with zero attached hydrogens (tertiary/aromatic N) is 5. The molecule has 77 heavy (non-hydrogen) atoms. The van der Waals surface area contributed by atoms with Crippen molar-refractivity contribution in [3.05, 3.63) is 105 Å². The van der Waals surface area contributed by atoms with Crippen LogP contribution in [0.3, 0.4) is 0 Å². The number of rotatable bonds is 20. The molecule has 0 bridgehead atoms. The molecule has 10 atom stereocenters. The highest BCUT2D eigenvalue weighted by Gasteiger charge is 2.55. The molecule has 0 aliphatic carbocycles. The monoisotopic (exact) mass is 1150 g/mol. The van der Waals surface area contributed by atoms with E-state index in [1.54, 1.807) is 36.4 Å². The van der Waals surface area contributed by atoms with Gasteiger partial charge < -0.3 is 34.0 Å². The van der Waals surface area contributed by atoms with Gasteiger partial charge in [0.25, 0.3) is 5.56 Å². The van der Waals surface area contributed by atoms with Gasteiger partial charge in [0.1, 0.15) is 47.8 Å². The van der Waals surface area contributed by atoms with E-state index in [1.807, 2.05) is 4.98 Å². The maximum atomic E-state index is 16.6. The number of nitrogens with two attached hydrogens (primary N) is 1. The number of halogens is 2. The number of carbonyl (C=O) groups is 1. The molecule has 3 aromatic heterocycles. The van der Waals surface area contributed by atoms with Crippen molar-refractivity contribution in [3.63, 3.8) is 0 Å². The van der Waals surface area contributed by atoms with Crippen LogP contribution in [0, 0.1) is 0 Å². The summed E-state index contributed by atoms with van der Waals surface area (Å²) in [6.45, 7) is 6.35. The summed E-state index contributed by atoms with van der Waals surface area (Å²) in [4.78, 5) is 62.6. The Hall–Kier alpha value is -4.69. The molecule has 22 nitrogen and oxygen atoms in total. The van der Waals surface area contributed by atoms with Gasteiger partial charge in [-0.2, -0.15) is 0 Å². The highest BCUT2D eigenvalue weighted by atomic mass is 32.7. The minimum absolute atomic E-state index is 0.0153. The number of carbonyl (C=O) groups excluding carboxylic acids is 1. The fourth-order valence-electron chi connectivity index (χ4n) is 8.46. The van der Waals surface area contributed by atoms with Crippen LogP contribution in [0.25, 0.3) is 11.2 Å². The van der Waals surface area contributed by atoms with Crippen LogP contribution in [0.2, 0.25) is 18.1 Å². The largest absolute Gasteiger partial charge is 0.494 e. The second kappa shape index (κ2) is 25.2. The van der Waals surface area contributed by atoms with Gasteiger partial charge in [0, 0.05) is 24.6 Å². The molecule has 3 aliphatic heterocycles. The molecule has 3 saturated heterocycles. The molecule has 420 valence electrons. The number of unbranched alkanes of at least 4 members (excludes halogenated alkanes) is 7. The molecular formula is C49H65F2N7O15P2SSi. The van der Waals surface area contributed by atoms with Crippen molar-refractivity contribution in [1.29, 1.82) is 0 Å². The molecule has 0 radical (unpaired) electrons. The first-order chi connectivity index (χ1) is 36.6. The van der Waals surface area contributed by atoms with E-state index in [0.717, 1.165) is 55.4 Å². The molecule has 6 heterocycles. The zero-order valence-electron chi connectivity index (χ0n) is 43.3. The SMILES string of the molecule is CC(C)(C)[Si](C)(C)OCCCCCCCCCCOc1ccc(C(=O)Oc2ccc(CSP3(=O)OC[C@H]4O[C@@H](n5cnc6c(N)ncnc65)[C@H](F)[C@@H]4OP(=O)(O)OC[C@H]4O[C@@H](n5ccc(=O)[nH]c5=O)[C@H](F)[C@@H]4O3)cc2)cc1. The van der Waals surface area contributed by atoms with Crippen LogP contribution in [0.5, 0.6) is 11.5 Å². The topological polar surface area (TPSA) is 279 Å². The molecule has 0 spiro atoms. The van der Waals surface area contributed by atoms with Crippen LogP contribution in [0.15, 0.2) is 83.0 Å². The van der Waals surface area contributed by atoms with Crippen molar-refractivity contribution in [1.82, 2.24) is 29.1 Å². The summed E-state index contributed by atoms with van der Waals surface area (Å²) in [6, 6.07) is 13.8. The summed E-state index contributed by atoms with van der Waals surface area (Å²) in [5.41, 5.74) is 5.05. The number of H-pyrrole nitrogens is 1. The fourth-order valence-corrected chi connectivity index (χ4v) is 13.9. The number of hydrogen-bond acceptors (Lipinski definition) is 19. The van der Waals surface area contributed by atoms with Gasteiger partial charge in [-0.3, -0.25) is 37.0 Å². The maximum absolute atomic E-state index is 16.6. The number of phosphoric ester groups is 1. The standard InChI is InChI=1S/C49H65F2N7O15P2SSi/c1-49(2,3)77(4,5)68-25-13-11-9-7-6-8-10-12-24-65-33-20-16-32(17-21-33)47(60)69-34-18-14-31(15-19-34)28-76-75(64)67-27-36-41(38(50)46(71-36)58-30-55-40-43(52)53-29-54-44(40)58)72-74(62,63)66-26-35-42(73-75)39(51)45(70-35)57-23-22-37(59)56-48(57)61/h14-23,29-30,35-36,38-39,41-42,45-46H,6-13,24-28H2,1-5H3,(H,62,63)(H2,52,53,54)(H,56,59,61)/t35-,36-,38-,39-,41-,42-,45-,46-,75?/m1/s1. The van der Waals surface area contributed by atoms with Crippen LogP contribution in [-0.4, -0.2) is 111 Å². The molecule has 28 heteroatoms. The summed E-state index contributed by atoms with van der Waals surface area (Å²) in [5, 5.41) is 0.235. The van der Waals surface area contributed by atoms with Crippen molar-refractivity contribution in [2.75, 3.05) is 32.2 Å². The maximum Gasteiger partial charge on any atom is 0.472 e. The highest BCUT2D eigenvalue weighted by Crippen LogP contribution is 2.65. The molecule has 0 amide bonds. The first kappa shape index (κ1) is 58.5. The normalized spacial score (nSPS) is 27.1. The Labute approximate surface area is 448 Å². The smallest absolute Gasteiger partial charge is 0.472 e. The van der Waals surface area contributed by atoms with E-state index in [1.165, 1.54) is 44.1 Å². The van der Waals surface area contributed by atoms with Gasteiger partial charge in [-0.15, -0.1) is 0 Å². The number of fused-ring (bicyclic) bond motifs is 3. The second-order valence-corrected chi connectivity index (χ2v) is 30.6. The third-order valence-electron chi connectivity index (χ3n) is 13.8. The van der Waals surface area contributed by atoms with E-state index in [9.17, 15) is 28.4 Å². The first-order valence-corrected chi connectivity index (χ1v) is 32.9. The van der Waals surface area contributed by atoms with Gasteiger partial charge >= 0.3 is 26.3 Å². The lowest BCUT2D eigenvalue weighted by Crippen LogP contribution is -2.40. The molecule has 2 unspecified atom stereocenters. The van der Waals surface area contributed by atoms with Crippen LogP contribution in [0.1, 0.15) is 101 Å². The number of aromatic nitrogens is 6. The number of nitrogens with one attached hydrogen (secondary N) is 1. The Balaban J connectivity index is 0.862. The van der Waals surface area contributed by atoms with Crippen LogP contribution in [0.4, 0.5) is 14.6 Å². The van der Waals surface area contributed by atoms with Crippen molar-refractivity contribution in [3.8, 4) is 11.5 Å². The van der Waals surface area contributed by atoms with E-state index in [2.05, 4.69) is 48.8 Å². The third-order valence-corrected chi connectivity index (χ3v) is 23.0. The van der Waals surface area contributed by atoms with Gasteiger partial charge in [0.2, 0.25) is 0 Å². The molecule has 2 aromatic carbocycles. The fraction of sp³-hybridized carbons (Fsp3) is 0.551. The zero-order chi connectivity index (χ0) is 55.1. The van der Waals surface area contributed by atoms with E-state index in [-0.39, 0.29) is 33.5 Å². The molecule has 0 saturated carbocycles. The van der Waals surface area contributed by atoms with Crippen LogP contribution >= 0.6 is 26.0 Å². The minimum Gasteiger partial charge on any atom is -0.494 e. The summed E-state index contributed by atoms with van der Waals surface area (Å²) < 4.78 is 115. The van der Waals surface area contributed by atoms with Crippen molar-refractivity contribution < 1.29 is 69.1 Å². The van der Waals surface area contributed by atoms with Gasteiger partial charge in [0.15, 0.2) is 44.6 Å². The molecular weight excluding hydrogens is 1090 g/mol. The Morgan fingerprint density at radius 3 is 2.06 bits per heavy atom. The Bertz CT molecular complexity index is 3030. The van der Waals surface area contributed by atoms with Gasteiger partial charge in [-0.05, 0) is 84.3 Å². The lowest BCUT2D eigenvalue weighted by molar-refractivity contribution is -0.0619. The second-order valence-electron chi connectivity index (χ2n) is 20.4. The average Bonchev–Trinajstić information content (AvgIpc) is 4.04. The number of anilines is 1. The van der Waals surface area contributed by atoms with Crippen molar-refractivity contribution >= 4 is 57.3 Å². The summed E-state index contributed by atoms with van der Waals surface area (Å²) in [7, 11) is -6.92. The van der Waals surface area contributed by atoms with Crippen molar-refractivity contribution in [2.24, 2.45) is 0 Å². The van der Waals surface area contributed by atoms with Crippen LogP contribution < -0.4 is 26.5 Å². The third kappa shape index (κ3) is 14.8. The first-order valence-electron chi connectivity index (χ1n) is 25.3. The summed E-state index contributed by atoms with van der Waals surface area (Å²) in [6.07, 6.45) is -2.74. The predicted molar refractivity (Wildman–Crippen MR) is 282 cm³/mol. The lowest BCUT2D eigenvalue weighted by Gasteiger charge is -2.36. The summed E-state index contributed by atoms with van der Waals surface area (Å²) in [5.74, 6) is 0.0715. The lowest BCUT2D eigenvalue weighted by atomic mass is 10.1. The predicted octanol–water partition coefficient (Wildman–Crippen LogP) is 9.13. The molecule has 3 aliphatic rings. The number of esters is 1. The summed E-state index contributed by atoms with van der Waals surface area (Å²) >= 11 is 0.595. The number of aromatic amines is 1. The number of imidazole rings is 1. The highest BCUT2D eigenvalue weighted by molar-refractivity contribution is 8.54. The zero-order valence-corrected chi connectivity index (χ0v) is 46.9. The number of phosphoric acid groups is 1. The number of alkyl halides is 2. The molecule has 3 fully saturated rings. The number of hydrogen-bond donors (Lipinski definition) is 3. The Kier molecular flexibility index (Phi) is 19.1.